The van der Waals surface area contributed by atoms with E-state index in [0.29, 0.717) is 40.1 Å². The Bertz CT molecular complexity index is 1300. The van der Waals surface area contributed by atoms with Gasteiger partial charge in [-0.3, -0.25) is 4.79 Å². The van der Waals surface area contributed by atoms with E-state index in [1.165, 1.54) is 6.08 Å². The highest BCUT2D eigenvalue weighted by Crippen LogP contribution is 2.43. The molecule has 0 amide bonds. The van der Waals surface area contributed by atoms with Crippen LogP contribution in [0, 0.1) is 0 Å². The van der Waals surface area contributed by atoms with Gasteiger partial charge in [0.05, 0.1) is 7.11 Å². The minimum atomic E-state index is -0.616. The second kappa shape index (κ2) is 12.7. The molecule has 43 heavy (non-hydrogen) atoms. The molecule has 240 valence electrons. The monoisotopic (exact) mass is 598 g/mol. The SMILES string of the molecule is COc1cc(OC(C)(C)C)cc(/C=C/C(=O)c2c(OC(C)(C)C)ccc(OC(C)(C)C)c2OC(C)(C)C)c1OC(C)(C)C. The molecule has 7 nitrogen and oxygen atoms in total. The van der Waals surface area contributed by atoms with Gasteiger partial charge in [-0.1, -0.05) is 0 Å². The van der Waals surface area contributed by atoms with Crippen LogP contribution in [0.4, 0.5) is 0 Å². The molecule has 7 heteroatoms. The van der Waals surface area contributed by atoms with Crippen LogP contribution in [0.2, 0.25) is 0 Å². The third-order valence-corrected chi connectivity index (χ3v) is 5.09. The number of ketones is 1. The topological polar surface area (TPSA) is 72.5 Å². The Morgan fingerprint density at radius 3 is 1.47 bits per heavy atom. The molecular formula is C36H54O7. The van der Waals surface area contributed by atoms with Gasteiger partial charge in [0.25, 0.3) is 0 Å². The van der Waals surface area contributed by atoms with Gasteiger partial charge in [0.15, 0.2) is 28.8 Å². The Hall–Kier alpha value is -3.35. The fourth-order valence-corrected chi connectivity index (χ4v) is 3.96. The van der Waals surface area contributed by atoms with E-state index in [1.54, 1.807) is 31.4 Å². The predicted molar refractivity (Wildman–Crippen MR) is 175 cm³/mol. The van der Waals surface area contributed by atoms with Gasteiger partial charge in [-0.15, -0.1) is 0 Å². The average Bonchev–Trinajstić information content (AvgIpc) is 2.75. The molecule has 0 saturated carbocycles. The Labute approximate surface area is 259 Å². The summed E-state index contributed by atoms with van der Waals surface area (Å²) in [6.45, 7) is 29.2. The second-order valence-electron chi connectivity index (χ2n) is 15.6. The maximum absolute atomic E-state index is 14.2. The van der Waals surface area contributed by atoms with Gasteiger partial charge < -0.3 is 28.4 Å². The van der Waals surface area contributed by atoms with Gasteiger partial charge in [-0.2, -0.15) is 0 Å². The lowest BCUT2D eigenvalue weighted by Crippen LogP contribution is -2.28. The van der Waals surface area contributed by atoms with E-state index in [1.807, 2.05) is 110 Å². The molecule has 0 N–H and O–H groups in total. The van der Waals surface area contributed by atoms with E-state index in [0.717, 1.165) is 0 Å². The van der Waals surface area contributed by atoms with Crippen molar-refractivity contribution in [1.29, 1.82) is 0 Å². The number of allylic oxidation sites excluding steroid dienone is 1. The maximum atomic E-state index is 14.2. The van der Waals surface area contributed by atoms with Crippen molar-refractivity contribution < 1.29 is 33.2 Å². The van der Waals surface area contributed by atoms with Crippen molar-refractivity contribution in [1.82, 2.24) is 0 Å². The molecule has 0 aromatic heterocycles. The zero-order valence-corrected chi connectivity index (χ0v) is 29.3. The highest BCUT2D eigenvalue weighted by Gasteiger charge is 2.30. The zero-order chi connectivity index (χ0) is 33.2. The van der Waals surface area contributed by atoms with Crippen LogP contribution in [0.1, 0.15) is 120 Å². The number of methoxy groups -OCH3 is 1. The molecule has 0 spiro atoms. The first kappa shape index (κ1) is 35.8. The first-order valence-electron chi connectivity index (χ1n) is 14.8. The Morgan fingerprint density at radius 2 is 1.00 bits per heavy atom. The van der Waals surface area contributed by atoms with Crippen molar-refractivity contribution >= 4 is 11.9 Å². The van der Waals surface area contributed by atoms with Gasteiger partial charge in [-0.05, 0) is 134 Å². The summed E-state index contributed by atoms with van der Waals surface area (Å²) in [4.78, 5) is 14.2. The van der Waals surface area contributed by atoms with E-state index < -0.39 is 28.0 Å². The highest BCUT2D eigenvalue weighted by atomic mass is 16.5. The van der Waals surface area contributed by atoms with Crippen LogP contribution in [0.3, 0.4) is 0 Å². The summed E-state index contributed by atoms with van der Waals surface area (Å²) in [5.74, 6) is 2.45. The van der Waals surface area contributed by atoms with Crippen LogP contribution in [-0.4, -0.2) is 40.9 Å². The van der Waals surface area contributed by atoms with Crippen LogP contribution < -0.4 is 28.4 Å². The van der Waals surface area contributed by atoms with Crippen molar-refractivity contribution in [2.45, 2.75) is 132 Å². The molecule has 0 unspecified atom stereocenters. The average molecular weight is 599 g/mol. The fraction of sp³-hybridized carbons (Fsp3) is 0.583. The summed E-state index contributed by atoms with van der Waals surface area (Å²) < 4.78 is 37.2. The molecule has 0 saturated heterocycles. The molecule has 0 aliphatic rings. The highest BCUT2D eigenvalue weighted by molar-refractivity contribution is 6.11. The molecular weight excluding hydrogens is 544 g/mol. The molecule has 2 aromatic carbocycles. The van der Waals surface area contributed by atoms with Gasteiger partial charge in [-0.25, -0.2) is 0 Å². The van der Waals surface area contributed by atoms with Crippen LogP contribution >= 0.6 is 0 Å². The minimum absolute atomic E-state index is 0.273. The fourth-order valence-electron chi connectivity index (χ4n) is 3.96. The molecule has 0 aliphatic heterocycles. The largest absolute Gasteiger partial charge is 0.493 e. The number of hydrogen-bond acceptors (Lipinski definition) is 7. The summed E-state index contributed by atoms with van der Waals surface area (Å²) >= 11 is 0. The van der Waals surface area contributed by atoms with E-state index in [4.69, 9.17) is 28.4 Å². The minimum Gasteiger partial charge on any atom is -0.493 e. The molecule has 0 heterocycles. The molecule has 0 aliphatic carbocycles. The van der Waals surface area contributed by atoms with Gasteiger partial charge >= 0.3 is 0 Å². The molecule has 2 aromatic rings. The lowest BCUT2D eigenvalue weighted by atomic mass is 10.0. The number of benzene rings is 2. The lowest BCUT2D eigenvalue weighted by molar-refractivity contribution is 0.0871. The molecule has 2 rings (SSSR count). The Balaban J connectivity index is 2.84. The van der Waals surface area contributed by atoms with Gasteiger partial charge in [0, 0.05) is 11.6 Å². The number of hydrogen-bond donors (Lipinski definition) is 0. The van der Waals surface area contributed by atoms with E-state index in [9.17, 15) is 4.79 Å². The van der Waals surface area contributed by atoms with E-state index in [-0.39, 0.29) is 11.3 Å². The van der Waals surface area contributed by atoms with Crippen molar-refractivity contribution in [3.05, 3.63) is 41.5 Å². The van der Waals surface area contributed by atoms with Crippen molar-refractivity contribution in [2.75, 3.05) is 7.11 Å². The van der Waals surface area contributed by atoms with Crippen LogP contribution in [-0.2, 0) is 0 Å². The summed E-state index contributed by atoms with van der Waals surface area (Å²) in [5.41, 5.74) is -1.77. The lowest BCUT2D eigenvalue weighted by Gasteiger charge is -2.30. The zero-order valence-electron chi connectivity index (χ0n) is 29.3. The summed E-state index contributed by atoms with van der Waals surface area (Å²) in [6, 6.07) is 7.19. The quantitative estimate of drug-likeness (QED) is 0.210. The van der Waals surface area contributed by atoms with E-state index >= 15 is 0 Å². The third-order valence-electron chi connectivity index (χ3n) is 5.09. The summed E-state index contributed by atoms with van der Waals surface area (Å²) in [5, 5.41) is 0. The third kappa shape index (κ3) is 12.0. The van der Waals surface area contributed by atoms with E-state index in [2.05, 4.69) is 0 Å². The number of carbonyl (C=O) groups is 1. The standard InChI is InChI=1S/C36H54O7/c1-32(2,3)39-24-21-23(30(28(22-24)38-16)42-35(10,11)12)17-18-25(37)29-26(40-33(4,5)6)19-20-27(41-34(7,8)9)31(29)43-36(13,14)15/h17-22H,1-16H3/b18-17+. The summed E-state index contributed by atoms with van der Waals surface area (Å²) in [7, 11) is 1.58. The number of carbonyl (C=O) groups excluding carboxylic acids is 1. The maximum Gasteiger partial charge on any atom is 0.193 e. The van der Waals surface area contributed by atoms with Gasteiger partial charge in [0.1, 0.15) is 45.1 Å². The van der Waals surface area contributed by atoms with Crippen LogP contribution in [0.5, 0.6) is 34.5 Å². The molecule has 0 atom stereocenters. The van der Waals surface area contributed by atoms with Crippen molar-refractivity contribution in [3.63, 3.8) is 0 Å². The Kier molecular flexibility index (Phi) is 10.6. The first-order valence-corrected chi connectivity index (χ1v) is 14.8. The molecule has 0 bridgehead atoms. The second-order valence-corrected chi connectivity index (χ2v) is 15.6. The molecule has 0 fully saturated rings. The first-order chi connectivity index (χ1) is 19.3. The van der Waals surface area contributed by atoms with Crippen molar-refractivity contribution in [3.8, 4) is 34.5 Å². The normalized spacial score (nSPS) is 13.1. The number of rotatable bonds is 9. The van der Waals surface area contributed by atoms with Crippen molar-refractivity contribution in [2.24, 2.45) is 0 Å². The molecule has 0 radical (unpaired) electrons. The van der Waals surface area contributed by atoms with Crippen LogP contribution in [0.25, 0.3) is 6.08 Å². The smallest absolute Gasteiger partial charge is 0.193 e. The van der Waals surface area contributed by atoms with Crippen LogP contribution in [0.15, 0.2) is 30.3 Å². The summed E-state index contributed by atoms with van der Waals surface area (Å²) in [6.07, 6.45) is 3.20. The predicted octanol–water partition coefficient (Wildman–Crippen LogP) is 9.48. The number of ether oxygens (including phenoxy) is 6. The van der Waals surface area contributed by atoms with Gasteiger partial charge in [0.2, 0.25) is 0 Å². The Morgan fingerprint density at radius 1 is 0.558 bits per heavy atom.